The number of rotatable bonds is 8. The van der Waals surface area contributed by atoms with Gasteiger partial charge in [-0.15, -0.1) is 0 Å². The number of phenols is 2. The van der Waals surface area contributed by atoms with Gasteiger partial charge in [0.1, 0.15) is 22.9 Å². The average molecular weight is 440 g/mol. The Morgan fingerprint density at radius 2 is 1.12 bits per heavy atom. The maximum Gasteiger partial charge on any atom is 0.352 e. The van der Waals surface area contributed by atoms with Crippen LogP contribution in [0.3, 0.4) is 0 Å². The molecule has 2 aromatic heterocycles. The van der Waals surface area contributed by atoms with Crippen molar-refractivity contribution in [3.63, 3.8) is 0 Å². The van der Waals surface area contributed by atoms with Crippen LogP contribution in [-0.4, -0.2) is 42.3 Å². The first-order valence-corrected chi connectivity index (χ1v) is 10.5. The molecule has 32 heavy (non-hydrogen) atoms. The van der Waals surface area contributed by atoms with Crippen LogP contribution in [0.4, 0.5) is 0 Å². The lowest BCUT2D eigenvalue weighted by molar-refractivity contribution is 0.0679. The quantitative estimate of drug-likeness (QED) is 0.311. The second-order valence-electron chi connectivity index (χ2n) is 7.94. The molecule has 0 saturated carbocycles. The Labute approximate surface area is 185 Å². The minimum atomic E-state index is -1.04. The zero-order chi connectivity index (χ0) is 23.7. The normalized spacial score (nSPS) is 11.1. The summed E-state index contributed by atoms with van der Waals surface area (Å²) in [5.41, 5.74) is 5.84. The molecule has 0 unspecified atom stereocenters. The Kier molecular flexibility index (Phi) is 6.34. The van der Waals surface area contributed by atoms with E-state index in [4.69, 9.17) is 0 Å². The number of phenolic OH excluding ortho intramolecular Hbond substituents is 2. The van der Waals surface area contributed by atoms with E-state index in [9.17, 15) is 30.0 Å². The second kappa shape index (κ2) is 8.82. The molecule has 8 nitrogen and oxygen atoms in total. The molecule has 170 valence electrons. The van der Waals surface area contributed by atoms with Gasteiger partial charge < -0.3 is 30.4 Å². The summed E-state index contributed by atoms with van der Waals surface area (Å²) in [4.78, 5) is 28.9. The number of aromatic carboxylic acids is 2. The second-order valence-corrected chi connectivity index (χ2v) is 7.94. The molecule has 2 heterocycles. The van der Waals surface area contributed by atoms with E-state index in [2.05, 4.69) is 9.97 Å². The number of carboxylic acid groups (broad SMARTS) is 2. The van der Waals surface area contributed by atoms with Crippen molar-refractivity contribution >= 4 is 11.9 Å². The van der Waals surface area contributed by atoms with Crippen molar-refractivity contribution in [1.82, 2.24) is 9.97 Å². The average Bonchev–Trinajstić information content (AvgIpc) is 3.21. The van der Waals surface area contributed by atoms with Crippen LogP contribution < -0.4 is 0 Å². The Morgan fingerprint density at radius 1 is 0.750 bits per heavy atom. The van der Waals surface area contributed by atoms with Crippen molar-refractivity contribution in [2.75, 3.05) is 0 Å². The Bertz CT molecular complexity index is 1110. The zero-order valence-electron chi connectivity index (χ0n) is 18.6. The largest absolute Gasteiger partial charge is 0.508 e. The van der Waals surface area contributed by atoms with Gasteiger partial charge in [0.25, 0.3) is 0 Å². The van der Waals surface area contributed by atoms with Crippen molar-refractivity contribution < 1.29 is 30.0 Å². The minimum Gasteiger partial charge on any atom is -0.508 e. The number of benzene rings is 1. The highest BCUT2D eigenvalue weighted by molar-refractivity contribution is 5.88. The summed E-state index contributed by atoms with van der Waals surface area (Å²) in [6, 6.07) is 2.94. The van der Waals surface area contributed by atoms with Crippen molar-refractivity contribution in [2.45, 2.75) is 53.4 Å². The molecule has 0 radical (unpaired) electrons. The molecule has 0 aliphatic heterocycles. The molecule has 0 saturated heterocycles. The fraction of sp³-hybridized carbons (Fsp3) is 0.333. The van der Waals surface area contributed by atoms with E-state index in [-0.39, 0.29) is 35.7 Å². The maximum atomic E-state index is 11.5. The van der Waals surface area contributed by atoms with Gasteiger partial charge >= 0.3 is 11.9 Å². The van der Waals surface area contributed by atoms with E-state index in [0.717, 1.165) is 11.1 Å². The highest BCUT2D eigenvalue weighted by Gasteiger charge is 2.21. The molecule has 0 aliphatic carbocycles. The molecule has 3 aromatic rings. The van der Waals surface area contributed by atoms with Crippen LogP contribution in [-0.2, 0) is 25.7 Å². The van der Waals surface area contributed by atoms with Crippen LogP contribution in [0.15, 0.2) is 12.1 Å². The first kappa shape index (κ1) is 23.0. The minimum absolute atomic E-state index is 0.0953. The van der Waals surface area contributed by atoms with Gasteiger partial charge in [-0.05, 0) is 55.0 Å². The van der Waals surface area contributed by atoms with E-state index in [0.29, 0.717) is 46.5 Å². The summed E-state index contributed by atoms with van der Waals surface area (Å²) in [6.07, 6.45) is 1.80. The number of hydrogen-bond acceptors (Lipinski definition) is 4. The van der Waals surface area contributed by atoms with Crippen molar-refractivity contribution in [3.05, 3.63) is 68.3 Å². The third-order valence-corrected chi connectivity index (χ3v) is 6.08. The Hall–Kier alpha value is -3.68. The molecule has 6 N–H and O–H groups in total. The van der Waals surface area contributed by atoms with Gasteiger partial charge in [-0.3, -0.25) is 0 Å². The number of aromatic hydroxyl groups is 2. The predicted octanol–water partition coefficient (Wildman–Crippen LogP) is 4.07. The molecule has 0 atom stereocenters. The Morgan fingerprint density at radius 3 is 1.44 bits per heavy atom. The van der Waals surface area contributed by atoms with Crippen molar-refractivity contribution in [3.8, 4) is 11.5 Å². The van der Waals surface area contributed by atoms with Crippen molar-refractivity contribution in [1.29, 1.82) is 0 Å². The lowest BCUT2D eigenvalue weighted by atomic mass is 9.97. The summed E-state index contributed by atoms with van der Waals surface area (Å²) in [5, 5.41) is 39.7. The van der Waals surface area contributed by atoms with Crippen LogP contribution in [0.25, 0.3) is 0 Å². The van der Waals surface area contributed by atoms with Gasteiger partial charge in [0.2, 0.25) is 0 Å². The fourth-order valence-electron chi connectivity index (χ4n) is 4.42. The van der Waals surface area contributed by atoms with E-state index in [1.165, 1.54) is 6.07 Å². The summed E-state index contributed by atoms with van der Waals surface area (Å²) >= 11 is 0. The maximum absolute atomic E-state index is 11.5. The molecule has 8 heteroatoms. The monoisotopic (exact) mass is 440 g/mol. The van der Waals surface area contributed by atoms with Crippen molar-refractivity contribution in [2.24, 2.45) is 0 Å². The molecular weight excluding hydrogens is 412 g/mol. The summed E-state index contributed by atoms with van der Waals surface area (Å²) in [7, 11) is 0. The number of H-pyrrole nitrogens is 2. The molecule has 0 bridgehead atoms. The fourth-order valence-corrected chi connectivity index (χ4v) is 4.42. The summed E-state index contributed by atoms with van der Waals surface area (Å²) in [5.74, 6) is -2.27. The first-order chi connectivity index (χ1) is 15.1. The topological polar surface area (TPSA) is 147 Å². The number of carbonyl (C=O) groups is 2. The molecule has 1 aromatic carbocycles. The standard InChI is InChI=1S/C24H28N2O6/c1-5-15-11(3)21(23(29)30)25-17(15)8-13-7-14(20(28)10-19(13)27)9-18-16(6-2)12(4)22(26-18)24(31)32/h7,10,25-28H,5-6,8-9H2,1-4H3,(H,29,30)(H,31,32). The molecule has 3 rings (SSSR count). The molecule has 0 amide bonds. The van der Waals surface area contributed by atoms with Crippen LogP contribution in [0.1, 0.15) is 79.6 Å². The summed E-state index contributed by atoms with van der Waals surface area (Å²) in [6.45, 7) is 7.38. The van der Waals surface area contributed by atoms with E-state index >= 15 is 0 Å². The number of carboxylic acids is 2. The third kappa shape index (κ3) is 4.08. The number of nitrogens with one attached hydrogen (secondary N) is 2. The van der Waals surface area contributed by atoms with E-state index in [1.807, 2.05) is 13.8 Å². The molecular formula is C24H28N2O6. The van der Waals surface area contributed by atoms with Crippen LogP contribution in [0, 0.1) is 13.8 Å². The van der Waals surface area contributed by atoms with Crippen LogP contribution in [0.5, 0.6) is 11.5 Å². The lowest BCUT2D eigenvalue weighted by Crippen LogP contribution is -2.00. The summed E-state index contributed by atoms with van der Waals surface area (Å²) < 4.78 is 0. The smallest absolute Gasteiger partial charge is 0.352 e. The number of hydrogen-bond donors (Lipinski definition) is 6. The predicted molar refractivity (Wildman–Crippen MR) is 119 cm³/mol. The highest BCUT2D eigenvalue weighted by Crippen LogP contribution is 2.33. The number of aromatic amines is 2. The highest BCUT2D eigenvalue weighted by atomic mass is 16.4. The van der Waals surface area contributed by atoms with E-state index < -0.39 is 11.9 Å². The van der Waals surface area contributed by atoms with Gasteiger partial charge in [-0.2, -0.15) is 0 Å². The van der Waals surface area contributed by atoms with Gasteiger partial charge in [0.05, 0.1) is 0 Å². The third-order valence-electron chi connectivity index (χ3n) is 6.08. The number of aromatic nitrogens is 2. The SMILES string of the molecule is CCc1c(Cc2cc(Cc3[nH]c(C(=O)O)c(C)c3CC)c(O)cc2O)[nH]c(C(=O)O)c1C. The zero-order valence-corrected chi connectivity index (χ0v) is 18.6. The van der Waals surface area contributed by atoms with Gasteiger partial charge in [0.15, 0.2) is 0 Å². The van der Waals surface area contributed by atoms with Gasteiger partial charge in [-0.1, -0.05) is 13.8 Å². The van der Waals surface area contributed by atoms with Gasteiger partial charge in [0, 0.05) is 41.4 Å². The Balaban J connectivity index is 2.02. The molecule has 0 fully saturated rings. The molecule has 0 spiro atoms. The lowest BCUT2D eigenvalue weighted by Gasteiger charge is -2.12. The first-order valence-electron chi connectivity index (χ1n) is 10.5. The van der Waals surface area contributed by atoms with Crippen LogP contribution >= 0.6 is 0 Å². The van der Waals surface area contributed by atoms with E-state index in [1.54, 1.807) is 19.9 Å². The van der Waals surface area contributed by atoms with Crippen LogP contribution in [0.2, 0.25) is 0 Å². The van der Waals surface area contributed by atoms with Gasteiger partial charge in [-0.25, -0.2) is 9.59 Å². The molecule has 0 aliphatic rings.